The molecule has 0 aliphatic carbocycles. The van der Waals surface area contributed by atoms with Gasteiger partial charge in [0.25, 0.3) is 0 Å². The quantitative estimate of drug-likeness (QED) is 0.355. The third-order valence-electron chi connectivity index (χ3n) is 4.73. The van der Waals surface area contributed by atoms with E-state index in [-0.39, 0.29) is 11.5 Å². The first kappa shape index (κ1) is 27.3. The van der Waals surface area contributed by atoms with Gasteiger partial charge in [-0.25, -0.2) is 4.39 Å². The molecule has 0 saturated carbocycles. The van der Waals surface area contributed by atoms with E-state index in [0.29, 0.717) is 5.92 Å². The van der Waals surface area contributed by atoms with Crippen LogP contribution in [0.25, 0.3) is 6.08 Å². The van der Waals surface area contributed by atoms with Crippen LogP contribution >= 0.6 is 0 Å². The highest BCUT2D eigenvalue weighted by Gasteiger charge is 1.98. The van der Waals surface area contributed by atoms with E-state index in [2.05, 4.69) is 64.1 Å². The smallest absolute Gasteiger partial charge is 0.148 e. The van der Waals surface area contributed by atoms with Gasteiger partial charge in [0.1, 0.15) is 12.1 Å². The lowest BCUT2D eigenvalue weighted by Gasteiger charge is -2.16. The van der Waals surface area contributed by atoms with Gasteiger partial charge < -0.3 is 16.0 Å². The summed E-state index contributed by atoms with van der Waals surface area (Å²) in [6.07, 6.45) is 5.34. The standard InChI is InChI=1S/C12H14O.C7H9FN2.C6H15N/c1-10(2)12-7-5-11(6-8-12)4-3-9-13;1-10-5-2-3-7(9)6(8)4-5;1-5-6(2)7(3)4/h3-10H,1-2H3;2-4,10H,9H2,1H3;6H,5H2,1-4H3/b4-3+;;. The van der Waals surface area contributed by atoms with Gasteiger partial charge in [-0.15, -0.1) is 0 Å². The van der Waals surface area contributed by atoms with Gasteiger partial charge in [-0.1, -0.05) is 51.1 Å². The molecule has 2 rings (SSSR count). The van der Waals surface area contributed by atoms with E-state index in [4.69, 9.17) is 5.73 Å². The Balaban J connectivity index is 0.000000442. The Morgan fingerprint density at radius 1 is 1.10 bits per heavy atom. The number of allylic oxidation sites excluding steroid dienone is 1. The van der Waals surface area contributed by atoms with Crippen LogP contribution in [0.15, 0.2) is 48.5 Å². The second-order valence-electron chi connectivity index (χ2n) is 7.52. The van der Waals surface area contributed by atoms with Gasteiger partial charge in [0.05, 0.1) is 5.69 Å². The average molecular weight is 416 g/mol. The maximum absolute atomic E-state index is 12.6. The van der Waals surface area contributed by atoms with Crippen LogP contribution < -0.4 is 11.1 Å². The van der Waals surface area contributed by atoms with Crippen molar-refractivity contribution in [2.45, 2.75) is 46.1 Å². The highest BCUT2D eigenvalue weighted by atomic mass is 19.1. The summed E-state index contributed by atoms with van der Waals surface area (Å²) < 4.78 is 12.6. The van der Waals surface area contributed by atoms with Gasteiger partial charge in [0.15, 0.2) is 0 Å². The molecular formula is C25H38FN3O. The molecule has 0 aliphatic heterocycles. The van der Waals surface area contributed by atoms with E-state index >= 15 is 0 Å². The summed E-state index contributed by atoms with van der Waals surface area (Å²) in [5.74, 6) is 0.177. The van der Waals surface area contributed by atoms with E-state index in [1.165, 1.54) is 30.2 Å². The summed E-state index contributed by atoms with van der Waals surface area (Å²) in [4.78, 5) is 12.3. The molecule has 30 heavy (non-hydrogen) atoms. The summed E-state index contributed by atoms with van der Waals surface area (Å²) in [5.41, 5.74) is 8.54. The molecule has 166 valence electrons. The zero-order chi connectivity index (χ0) is 23.1. The zero-order valence-corrected chi connectivity index (χ0v) is 19.4. The monoisotopic (exact) mass is 415 g/mol. The van der Waals surface area contributed by atoms with E-state index in [1.54, 1.807) is 19.2 Å². The highest BCUT2D eigenvalue weighted by Crippen LogP contribution is 2.15. The Morgan fingerprint density at radius 2 is 1.70 bits per heavy atom. The van der Waals surface area contributed by atoms with Crippen LogP contribution in [0.4, 0.5) is 15.8 Å². The molecule has 0 bridgehead atoms. The molecule has 0 aliphatic rings. The number of nitrogens with zero attached hydrogens (tertiary/aromatic N) is 1. The van der Waals surface area contributed by atoms with Crippen LogP contribution in [0.5, 0.6) is 0 Å². The van der Waals surface area contributed by atoms with Crippen molar-refractivity contribution < 1.29 is 9.18 Å². The normalized spacial score (nSPS) is 11.4. The number of carbonyl (C=O) groups excluding carboxylic acids is 1. The van der Waals surface area contributed by atoms with Crippen molar-refractivity contribution >= 4 is 23.7 Å². The lowest BCUT2D eigenvalue weighted by atomic mass is 10.0. The number of nitrogens with one attached hydrogen (secondary N) is 1. The summed E-state index contributed by atoms with van der Waals surface area (Å²) in [6, 6.07) is 13.6. The fourth-order valence-corrected chi connectivity index (χ4v) is 2.19. The van der Waals surface area contributed by atoms with Gasteiger partial charge in [-0.3, -0.25) is 4.79 Å². The van der Waals surface area contributed by atoms with Gasteiger partial charge in [0.2, 0.25) is 0 Å². The van der Waals surface area contributed by atoms with Crippen LogP contribution in [0, 0.1) is 5.82 Å². The average Bonchev–Trinajstić information content (AvgIpc) is 2.74. The Morgan fingerprint density at radius 3 is 2.07 bits per heavy atom. The van der Waals surface area contributed by atoms with Gasteiger partial charge in [-0.2, -0.15) is 0 Å². The van der Waals surface area contributed by atoms with Gasteiger partial charge >= 0.3 is 0 Å². The molecule has 3 N–H and O–H groups in total. The fraction of sp³-hybridized carbons (Fsp3) is 0.400. The molecule has 5 heteroatoms. The summed E-state index contributed by atoms with van der Waals surface area (Å²) in [7, 11) is 5.94. The fourth-order valence-electron chi connectivity index (χ4n) is 2.19. The lowest BCUT2D eigenvalue weighted by Crippen LogP contribution is -2.23. The van der Waals surface area contributed by atoms with Crippen molar-refractivity contribution in [3.8, 4) is 0 Å². The molecule has 0 heterocycles. The number of nitrogen functional groups attached to an aromatic ring is 1. The molecular weight excluding hydrogens is 377 g/mol. The number of carbonyl (C=O) groups is 1. The first-order chi connectivity index (χ1) is 14.2. The second-order valence-corrected chi connectivity index (χ2v) is 7.52. The Kier molecular flexibility index (Phi) is 13.9. The van der Waals surface area contributed by atoms with Crippen LogP contribution in [0.1, 0.15) is 51.2 Å². The number of nitrogens with two attached hydrogens (primary N) is 1. The molecule has 4 nitrogen and oxygen atoms in total. The predicted molar refractivity (Wildman–Crippen MR) is 129 cm³/mol. The summed E-state index contributed by atoms with van der Waals surface area (Å²) in [6.45, 7) is 8.75. The van der Waals surface area contributed by atoms with Crippen LogP contribution in [0.2, 0.25) is 0 Å². The number of benzene rings is 2. The summed E-state index contributed by atoms with van der Waals surface area (Å²) >= 11 is 0. The molecule has 1 atom stereocenters. The van der Waals surface area contributed by atoms with Crippen molar-refractivity contribution in [3.05, 3.63) is 65.5 Å². The molecule has 0 amide bonds. The zero-order valence-electron chi connectivity index (χ0n) is 19.4. The first-order valence-corrected chi connectivity index (χ1v) is 10.3. The van der Waals surface area contributed by atoms with Gasteiger partial charge in [-0.05, 0) is 68.8 Å². The van der Waals surface area contributed by atoms with E-state index in [0.717, 1.165) is 23.6 Å². The van der Waals surface area contributed by atoms with Crippen molar-refractivity contribution in [1.82, 2.24) is 4.90 Å². The summed E-state index contributed by atoms with van der Waals surface area (Å²) in [5, 5.41) is 2.80. The van der Waals surface area contributed by atoms with Crippen LogP contribution in [-0.2, 0) is 4.79 Å². The largest absolute Gasteiger partial charge is 0.396 e. The van der Waals surface area contributed by atoms with Crippen molar-refractivity contribution in [3.63, 3.8) is 0 Å². The number of halogens is 1. The molecule has 0 aromatic heterocycles. The minimum absolute atomic E-state index is 0.180. The third-order valence-corrected chi connectivity index (χ3v) is 4.73. The van der Waals surface area contributed by atoms with Crippen LogP contribution in [-0.4, -0.2) is 38.4 Å². The Labute approximate surface area is 182 Å². The molecule has 2 aromatic rings. The minimum atomic E-state index is -0.383. The molecule has 1 unspecified atom stereocenters. The first-order valence-electron chi connectivity index (χ1n) is 10.3. The Hall–Kier alpha value is -2.66. The number of hydrogen-bond donors (Lipinski definition) is 2. The SMILES string of the molecule is CC(C)c1ccc(/C=C/C=O)cc1.CCC(C)N(C)C.CNc1ccc(N)c(F)c1. The molecule has 0 saturated heterocycles. The van der Waals surface area contributed by atoms with E-state index < -0.39 is 0 Å². The number of hydrogen-bond acceptors (Lipinski definition) is 4. The topological polar surface area (TPSA) is 58.4 Å². The lowest BCUT2D eigenvalue weighted by molar-refractivity contribution is -0.104. The van der Waals surface area contributed by atoms with E-state index in [1.807, 2.05) is 12.1 Å². The second kappa shape index (κ2) is 15.2. The number of aldehydes is 1. The predicted octanol–water partition coefficient (Wildman–Crippen LogP) is 5.82. The minimum Gasteiger partial charge on any atom is -0.396 e. The maximum atomic E-state index is 12.6. The van der Waals surface area contributed by atoms with Gasteiger partial charge in [0, 0.05) is 18.8 Å². The van der Waals surface area contributed by atoms with Crippen LogP contribution in [0.3, 0.4) is 0 Å². The maximum Gasteiger partial charge on any atom is 0.148 e. The third kappa shape index (κ3) is 11.4. The molecule has 0 spiro atoms. The van der Waals surface area contributed by atoms with Crippen molar-refractivity contribution in [2.24, 2.45) is 0 Å². The molecule has 0 radical (unpaired) electrons. The number of rotatable bonds is 6. The molecule has 2 aromatic carbocycles. The number of anilines is 2. The van der Waals surface area contributed by atoms with Crippen molar-refractivity contribution in [2.75, 3.05) is 32.2 Å². The van der Waals surface area contributed by atoms with Crippen molar-refractivity contribution in [1.29, 1.82) is 0 Å². The highest BCUT2D eigenvalue weighted by molar-refractivity contribution is 5.73. The van der Waals surface area contributed by atoms with E-state index in [9.17, 15) is 9.18 Å². The Bertz CT molecular complexity index is 755. The molecule has 0 fully saturated rings.